The number of para-hydroxylation sites is 1. The van der Waals surface area contributed by atoms with Crippen LogP contribution >= 0.6 is 11.6 Å². The summed E-state index contributed by atoms with van der Waals surface area (Å²) in [4.78, 5) is 27.0. The first-order chi connectivity index (χ1) is 13.5. The number of halogens is 1. The molecule has 0 unspecified atom stereocenters. The van der Waals surface area contributed by atoms with Crippen LogP contribution in [0.15, 0.2) is 75.8 Å². The Balaban J connectivity index is 1.67. The molecule has 0 amide bonds. The van der Waals surface area contributed by atoms with Gasteiger partial charge in [-0.2, -0.15) is 0 Å². The molecule has 0 aliphatic carbocycles. The number of carbonyl (C=O) groups is 1. The van der Waals surface area contributed by atoms with Crippen molar-refractivity contribution >= 4 is 35.2 Å². The molecule has 0 bridgehead atoms. The molecule has 4 rings (SSSR count). The highest BCUT2D eigenvalue weighted by Crippen LogP contribution is 2.32. The molecule has 2 aromatic carbocycles. The van der Waals surface area contributed by atoms with Crippen LogP contribution in [0, 0.1) is 10.1 Å². The molecule has 0 atom stereocenters. The van der Waals surface area contributed by atoms with Crippen molar-refractivity contribution in [2.75, 3.05) is 0 Å². The molecule has 1 aliphatic rings. The van der Waals surface area contributed by atoms with Crippen molar-refractivity contribution in [2.24, 2.45) is 4.99 Å². The van der Waals surface area contributed by atoms with Crippen molar-refractivity contribution in [1.82, 2.24) is 0 Å². The van der Waals surface area contributed by atoms with E-state index in [0.29, 0.717) is 27.7 Å². The molecule has 7 nitrogen and oxygen atoms in total. The van der Waals surface area contributed by atoms with E-state index in [1.807, 2.05) is 0 Å². The number of ether oxygens (including phenoxy) is 1. The summed E-state index contributed by atoms with van der Waals surface area (Å²) in [7, 11) is 0. The summed E-state index contributed by atoms with van der Waals surface area (Å²) >= 11 is 6.11. The number of esters is 1. The highest BCUT2D eigenvalue weighted by atomic mass is 35.5. The minimum Gasteiger partial charge on any atom is -0.456 e. The van der Waals surface area contributed by atoms with Crippen LogP contribution in [-0.2, 0) is 9.53 Å². The summed E-state index contributed by atoms with van der Waals surface area (Å²) in [5.74, 6) is 0.0796. The Morgan fingerprint density at radius 1 is 1.00 bits per heavy atom. The Bertz CT molecular complexity index is 1160. The zero-order valence-corrected chi connectivity index (χ0v) is 14.9. The van der Waals surface area contributed by atoms with Gasteiger partial charge < -0.3 is 9.15 Å². The van der Waals surface area contributed by atoms with Crippen LogP contribution in [0.25, 0.3) is 17.4 Å². The molecule has 28 heavy (non-hydrogen) atoms. The number of nitro benzene ring substituents is 1. The summed E-state index contributed by atoms with van der Waals surface area (Å²) in [5.41, 5.74) is 0.807. The second-order valence-electron chi connectivity index (χ2n) is 5.79. The smallest absolute Gasteiger partial charge is 0.363 e. The highest BCUT2D eigenvalue weighted by molar-refractivity contribution is 6.34. The first-order valence-corrected chi connectivity index (χ1v) is 8.52. The topological polar surface area (TPSA) is 94.9 Å². The monoisotopic (exact) mass is 394 g/mol. The van der Waals surface area contributed by atoms with Crippen LogP contribution in [0.2, 0.25) is 5.02 Å². The Labute approximate surface area is 163 Å². The fraction of sp³-hybridized carbons (Fsp3) is 0. The third-order valence-corrected chi connectivity index (χ3v) is 4.33. The zero-order valence-electron chi connectivity index (χ0n) is 14.2. The minimum atomic E-state index is -0.640. The standard InChI is InChI=1S/C20H11ClN2O5/c21-15-7-3-1-5-13(15)19-22-16(20(24)28-19)11-12-9-10-18(27-12)14-6-2-4-8-17(14)23(25)26/h1-11H/b16-11+. The van der Waals surface area contributed by atoms with Crippen LogP contribution < -0.4 is 0 Å². The van der Waals surface area contributed by atoms with Gasteiger partial charge in [-0.25, -0.2) is 9.79 Å². The molecular formula is C20H11ClN2O5. The van der Waals surface area contributed by atoms with Gasteiger partial charge in [0.2, 0.25) is 5.90 Å². The third kappa shape index (κ3) is 3.30. The first kappa shape index (κ1) is 17.7. The lowest BCUT2D eigenvalue weighted by Gasteiger charge is -2.00. The maximum absolute atomic E-state index is 12.1. The van der Waals surface area contributed by atoms with Gasteiger partial charge in [-0.05, 0) is 30.3 Å². The first-order valence-electron chi connectivity index (χ1n) is 8.14. The number of rotatable bonds is 4. The van der Waals surface area contributed by atoms with Crippen LogP contribution in [0.5, 0.6) is 0 Å². The molecule has 0 fully saturated rings. The van der Waals surface area contributed by atoms with Crippen LogP contribution in [0.3, 0.4) is 0 Å². The van der Waals surface area contributed by atoms with Crippen molar-refractivity contribution in [1.29, 1.82) is 0 Å². The largest absolute Gasteiger partial charge is 0.456 e. The predicted octanol–water partition coefficient (Wildman–Crippen LogP) is 4.85. The predicted molar refractivity (Wildman–Crippen MR) is 103 cm³/mol. The van der Waals surface area contributed by atoms with E-state index in [-0.39, 0.29) is 17.3 Å². The van der Waals surface area contributed by atoms with Gasteiger partial charge in [-0.3, -0.25) is 10.1 Å². The van der Waals surface area contributed by atoms with Crippen molar-refractivity contribution in [3.05, 3.63) is 92.8 Å². The molecule has 0 saturated carbocycles. The summed E-state index contributed by atoms with van der Waals surface area (Å²) in [6, 6.07) is 16.3. The number of benzene rings is 2. The Morgan fingerprint density at radius 3 is 2.46 bits per heavy atom. The van der Waals surface area contributed by atoms with Gasteiger partial charge in [0.15, 0.2) is 5.70 Å². The number of nitrogens with zero attached hydrogens (tertiary/aromatic N) is 2. The molecule has 0 spiro atoms. The molecule has 1 aromatic heterocycles. The molecule has 0 N–H and O–H groups in total. The fourth-order valence-corrected chi connectivity index (χ4v) is 2.93. The van der Waals surface area contributed by atoms with Crippen molar-refractivity contribution in [3.63, 3.8) is 0 Å². The van der Waals surface area contributed by atoms with Crippen LogP contribution in [-0.4, -0.2) is 16.8 Å². The van der Waals surface area contributed by atoms with Crippen molar-refractivity contribution < 1.29 is 18.9 Å². The number of hydrogen-bond donors (Lipinski definition) is 0. The van der Waals surface area contributed by atoms with Crippen LogP contribution in [0.4, 0.5) is 5.69 Å². The quantitative estimate of drug-likeness (QED) is 0.273. The van der Waals surface area contributed by atoms with Gasteiger partial charge >= 0.3 is 5.97 Å². The van der Waals surface area contributed by atoms with E-state index in [2.05, 4.69) is 4.99 Å². The summed E-state index contributed by atoms with van der Waals surface area (Å²) in [5, 5.41) is 11.6. The van der Waals surface area contributed by atoms with E-state index < -0.39 is 10.9 Å². The maximum atomic E-state index is 12.1. The van der Waals surface area contributed by atoms with E-state index in [9.17, 15) is 14.9 Å². The van der Waals surface area contributed by atoms with Crippen LogP contribution in [0.1, 0.15) is 11.3 Å². The van der Waals surface area contributed by atoms with E-state index in [1.165, 1.54) is 12.1 Å². The van der Waals surface area contributed by atoms with Gasteiger partial charge in [0, 0.05) is 12.1 Å². The molecule has 8 heteroatoms. The second-order valence-corrected chi connectivity index (χ2v) is 6.20. The highest BCUT2D eigenvalue weighted by Gasteiger charge is 2.26. The fourth-order valence-electron chi connectivity index (χ4n) is 2.71. The Kier molecular flexibility index (Phi) is 4.50. The lowest BCUT2D eigenvalue weighted by atomic mass is 10.1. The van der Waals surface area contributed by atoms with E-state index in [0.717, 1.165) is 0 Å². The Morgan fingerprint density at radius 2 is 1.71 bits per heavy atom. The lowest BCUT2D eigenvalue weighted by Crippen LogP contribution is -2.05. The van der Waals surface area contributed by atoms with Crippen molar-refractivity contribution in [2.45, 2.75) is 0 Å². The number of carbonyl (C=O) groups excluding carboxylic acids is 1. The minimum absolute atomic E-state index is 0.0402. The molecule has 0 saturated heterocycles. The van der Waals surface area contributed by atoms with Gasteiger partial charge in [-0.15, -0.1) is 0 Å². The number of hydrogen-bond acceptors (Lipinski definition) is 6. The number of nitro groups is 1. The van der Waals surface area contributed by atoms with E-state index in [1.54, 1.807) is 54.6 Å². The molecule has 138 valence electrons. The maximum Gasteiger partial charge on any atom is 0.363 e. The van der Waals surface area contributed by atoms with E-state index in [4.69, 9.17) is 20.8 Å². The van der Waals surface area contributed by atoms with Gasteiger partial charge in [0.1, 0.15) is 11.5 Å². The molecule has 1 aliphatic heterocycles. The average Bonchev–Trinajstić information content (AvgIpc) is 3.29. The second kappa shape index (κ2) is 7.13. The average molecular weight is 395 g/mol. The summed E-state index contributed by atoms with van der Waals surface area (Å²) < 4.78 is 10.8. The van der Waals surface area contributed by atoms with Gasteiger partial charge in [-0.1, -0.05) is 35.9 Å². The van der Waals surface area contributed by atoms with Gasteiger partial charge in [0.05, 0.1) is 21.1 Å². The molecule has 3 aromatic rings. The van der Waals surface area contributed by atoms with E-state index >= 15 is 0 Å². The molecule has 2 heterocycles. The lowest BCUT2D eigenvalue weighted by molar-refractivity contribution is -0.384. The summed E-state index contributed by atoms with van der Waals surface area (Å²) in [6.45, 7) is 0. The SMILES string of the molecule is O=C1OC(c2ccccc2Cl)=N/C1=C/c1ccc(-c2ccccc2[N+](=O)[O-])o1. The molecular weight excluding hydrogens is 384 g/mol. The number of aliphatic imine (C=N–C) groups is 1. The number of cyclic esters (lactones) is 1. The zero-order chi connectivity index (χ0) is 19.7. The normalized spacial score (nSPS) is 14.8. The van der Waals surface area contributed by atoms with Crippen molar-refractivity contribution in [3.8, 4) is 11.3 Å². The van der Waals surface area contributed by atoms with Gasteiger partial charge in [0.25, 0.3) is 5.69 Å². The third-order valence-electron chi connectivity index (χ3n) is 4.00. The molecule has 0 radical (unpaired) electrons. The number of furan rings is 1. The summed E-state index contributed by atoms with van der Waals surface area (Å²) in [6.07, 6.45) is 1.41. The Hall–Kier alpha value is -3.71.